The van der Waals surface area contributed by atoms with Crippen LogP contribution >= 0.6 is 24.8 Å². The van der Waals surface area contributed by atoms with Crippen LogP contribution < -0.4 is 10.6 Å². The van der Waals surface area contributed by atoms with Crippen LogP contribution in [0.5, 0.6) is 0 Å². The number of hydrogen-bond donors (Lipinski definition) is 2. The minimum atomic E-state index is -0.338. The molecule has 2 saturated heterocycles. The molecule has 0 spiro atoms. The standard InChI is InChI=1S/C17H33N3O2.2ClH/c1-14-5-4-10-20(12-14)15(2)11-19-16(21)17(13-22-3)6-8-18-9-7-17;;/h14-15,18H,4-13H2,1-3H3,(H,19,21);2*1H. The lowest BCUT2D eigenvalue weighted by molar-refractivity contribution is -0.136. The first kappa shape index (κ1) is 23.9. The predicted octanol–water partition coefficient (Wildman–Crippen LogP) is 2.08. The highest BCUT2D eigenvalue weighted by Crippen LogP contribution is 2.29. The van der Waals surface area contributed by atoms with E-state index in [1.165, 1.54) is 12.8 Å². The Balaban J connectivity index is 0.00000264. The number of hydrogen-bond acceptors (Lipinski definition) is 4. The molecule has 2 fully saturated rings. The van der Waals surface area contributed by atoms with Gasteiger partial charge in [-0.1, -0.05) is 6.92 Å². The molecular weight excluding hydrogens is 349 g/mol. The minimum absolute atomic E-state index is 0. The van der Waals surface area contributed by atoms with Crippen molar-refractivity contribution in [3.05, 3.63) is 0 Å². The molecule has 0 aliphatic carbocycles. The molecule has 2 N–H and O–H groups in total. The number of nitrogens with zero attached hydrogens (tertiary/aromatic N) is 1. The van der Waals surface area contributed by atoms with Gasteiger partial charge in [0.1, 0.15) is 0 Å². The van der Waals surface area contributed by atoms with E-state index in [0.29, 0.717) is 12.6 Å². The number of rotatable bonds is 6. The summed E-state index contributed by atoms with van der Waals surface area (Å²) in [6.07, 6.45) is 4.34. The van der Waals surface area contributed by atoms with Crippen molar-refractivity contribution < 1.29 is 9.53 Å². The Morgan fingerprint density at radius 1 is 1.38 bits per heavy atom. The Morgan fingerprint density at radius 3 is 2.62 bits per heavy atom. The smallest absolute Gasteiger partial charge is 0.228 e. The number of ether oxygens (including phenoxy) is 1. The first-order valence-corrected chi connectivity index (χ1v) is 8.79. The van der Waals surface area contributed by atoms with Crippen LogP contribution in [-0.2, 0) is 9.53 Å². The van der Waals surface area contributed by atoms with Gasteiger partial charge in [-0.05, 0) is 58.2 Å². The minimum Gasteiger partial charge on any atom is -0.384 e. The van der Waals surface area contributed by atoms with Gasteiger partial charge >= 0.3 is 0 Å². The normalized spacial score (nSPS) is 25.0. The molecule has 0 aromatic heterocycles. The monoisotopic (exact) mass is 383 g/mol. The fourth-order valence-corrected chi connectivity index (χ4v) is 3.80. The zero-order valence-electron chi connectivity index (χ0n) is 15.3. The summed E-state index contributed by atoms with van der Waals surface area (Å²) in [7, 11) is 1.69. The third kappa shape index (κ3) is 6.34. The highest BCUT2D eigenvalue weighted by molar-refractivity contribution is 5.85. The van der Waals surface area contributed by atoms with Gasteiger partial charge < -0.3 is 15.4 Å². The van der Waals surface area contributed by atoms with Crippen LogP contribution in [0.3, 0.4) is 0 Å². The van der Waals surface area contributed by atoms with Crippen molar-refractivity contribution in [2.24, 2.45) is 11.3 Å². The molecule has 0 saturated carbocycles. The van der Waals surface area contributed by atoms with E-state index in [4.69, 9.17) is 4.74 Å². The number of carbonyl (C=O) groups is 1. The summed E-state index contributed by atoms with van der Waals surface area (Å²) < 4.78 is 5.34. The molecule has 1 amide bonds. The lowest BCUT2D eigenvalue weighted by Crippen LogP contribution is -2.53. The molecule has 2 rings (SSSR count). The molecule has 0 aromatic rings. The average molecular weight is 384 g/mol. The Labute approximate surface area is 159 Å². The second kappa shape index (κ2) is 11.5. The molecule has 144 valence electrons. The van der Waals surface area contributed by atoms with E-state index < -0.39 is 0 Å². The number of methoxy groups -OCH3 is 1. The number of likely N-dealkylation sites (tertiary alicyclic amines) is 1. The van der Waals surface area contributed by atoms with Gasteiger partial charge in [0, 0.05) is 26.2 Å². The molecule has 2 heterocycles. The largest absolute Gasteiger partial charge is 0.384 e. The molecule has 2 aliphatic rings. The van der Waals surface area contributed by atoms with Gasteiger partial charge in [-0.15, -0.1) is 24.8 Å². The highest BCUT2D eigenvalue weighted by Gasteiger charge is 2.39. The summed E-state index contributed by atoms with van der Waals surface area (Å²) in [6.45, 7) is 9.93. The third-order valence-corrected chi connectivity index (χ3v) is 5.33. The van der Waals surface area contributed by atoms with Crippen molar-refractivity contribution in [2.75, 3.05) is 46.4 Å². The van der Waals surface area contributed by atoms with Crippen molar-refractivity contribution >= 4 is 30.7 Å². The van der Waals surface area contributed by atoms with Crippen LogP contribution in [0.1, 0.15) is 39.5 Å². The van der Waals surface area contributed by atoms with Crippen LogP contribution in [0.4, 0.5) is 0 Å². The van der Waals surface area contributed by atoms with Gasteiger partial charge in [0.05, 0.1) is 12.0 Å². The molecule has 2 aliphatic heterocycles. The number of carbonyl (C=O) groups excluding carboxylic acids is 1. The van der Waals surface area contributed by atoms with Crippen LogP contribution in [0.25, 0.3) is 0 Å². The van der Waals surface area contributed by atoms with E-state index in [1.807, 2.05) is 0 Å². The molecular formula is C17H35Cl2N3O2. The van der Waals surface area contributed by atoms with Crippen LogP contribution in [0.15, 0.2) is 0 Å². The molecule has 0 aromatic carbocycles. The zero-order valence-corrected chi connectivity index (χ0v) is 16.9. The lowest BCUT2D eigenvalue weighted by atomic mass is 9.78. The lowest BCUT2D eigenvalue weighted by Gasteiger charge is -2.38. The fourth-order valence-electron chi connectivity index (χ4n) is 3.80. The van der Waals surface area contributed by atoms with Crippen LogP contribution in [-0.4, -0.2) is 63.3 Å². The number of nitrogens with one attached hydrogen (secondary N) is 2. The molecule has 0 bridgehead atoms. The van der Waals surface area contributed by atoms with Gasteiger partial charge in [0.25, 0.3) is 0 Å². The van der Waals surface area contributed by atoms with Crippen molar-refractivity contribution in [1.82, 2.24) is 15.5 Å². The SMILES string of the molecule is COCC1(C(=O)NCC(C)N2CCCC(C)C2)CCNCC1.Cl.Cl. The summed E-state index contributed by atoms with van der Waals surface area (Å²) in [6, 6.07) is 0.410. The maximum absolute atomic E-state index is 12.7. The first-order valence-electron chi connectivity index (χ1n) is 8.79. The molecule has 2 unspecified atom stereocenters. The van der Waals surface area contributed by atoms with Gasteiger partial charge in [-0.3, -0.25) is 9.69 Å². The predicted molar refractivity (Wildman–Crippen MR) is 103 cm³/mol. The molecule has 0 radical (unpaired) electrons. The van der Waals surface area contributed by atoms with Crippen LogP contribution in [0, 0.1) is 11.3 Å². The van der Waals surface area contributed by atoms with Crippen LogP contribution in [0.2, 0.25) is 0 Å². The number of piperidine rings is 2. The van der Waals surface area contributed by atoms with Gasteiger partial charge in [-0.25, -0.2) is 0 Å². The maximum atomic E-state index is 12.7. The van der Waals surface area contributed by atoms with E-state index >= 15 is 0 Å². The average Bonchev–Trinajstić information content (AvgIpc) is 2.53. The van der Waals surface area contributed by atoms with Crippen molar-refractivity contribution in [3.63, 3.8) is 0 Å². The summed E-state index contributed by atoms with van der Waals surface area (Å²) in [4.78, 5) is 15.2. The topological polar surface area (TPSA) is 53.6 Å². The van der Waals surface area contributed by atoms with E-state index in [0.717, 1.165) is 51.5 Å². The maximum Gasteiger partial charge on any atom is 0.228 e. The summed E-state index contributed by atoms with van der Waals surface area (Å²) >= 11 is 0. The summed E-state index contributed by atoms with van der Waals surface area (Å²) in [5.41, 5.74) is -0.338. The molecule has 5 nitrogen and oxygen atoms in total. The van der Waals surface area contributed by atoms with Gasteiger partial charge in [0.2, 0.25) is 5.91 Å². The Morgan fingerprint density at radius 2 is 2.04 bits per heavy atom. The van der Waals surface area contributed by atoms with E-state index in [-0.39, 0.29) is 36.1 Å². The fraction of sp³-hybridized carbons (Fsp3) is 0.941. The highest BCUT2D eigenvalue weighted by atomic mass is 35.5. The molecule has 2 atom stereocenters. The number of halogens is 2. The van der Waals surface area contributed by atoms with E-state index in [2.05, 4.69) is 29.4 Å². The summed E-state index contributed by atoms with van der Waals surface area (Å²) in [5, 5.41) is 6.53. The Kier molecular flexibility index (Phi) is 11.5. The Hall–Kier alpha value is -0.0700. The molecule has 7 heteroatoms. The quantitative estimate of drug-likeness (QED) is 0.736. The third-order valence-electron chi connectivity index (χ3n) is 5.33. The van der Waals surface area contributed by atoms with Crippen molar-refractivity contribution in [2.45, 2.75) is 45.6 Å². The van der Waals surface area contributed by atoms with Crippen molar-refractivity contribution in [3.8, 4) is 0 Å². The van der Waals surface area contributed by atoms with Gasteiger partial charge in [-0.2, -0.15) is 0 Å². The molecule has 24 heavy (non-hydrogen) atoms. The number of amides is 1. The Bertz CT molecular complexity index is 360. The van der Waals surface area contributed by atoms with Gasteiger partial charge in [0.15, 0.2) is 0 Å². The second-order valence-corrected chi connectivity index (χ2v) is 7.26. The van der Waals surface area contributed by atoms with Crippen molar-refractivity contribution in [1.29, 1.82) is 0 Å². The first-order chi connectivity index (χ1) is 10.6. The van der Waals surface area contributed by atoms with E-state index in [9.17, 15) is 4.79 Å². The second-order valence-electron chi connectivity index (χ2n) is 7.26. The summed E-state index contributed by atoms with van der Waals surface area (Å²) in [5.74, 6) is 0.948. The van der Waals surface area contributed by atoms with E-state index in [1.54, 1.807) is 7.11 Å². The zero-order chi connectivity index (χ0) is 16.0.